The second kappa shape index (κ2) is 5.83. The molecule has 3 unspecified atom stereocenters. The topological polar surface area (TPSA) is 47.3 Å². The fraction of sp³-hybridized carbons (Fsp3) is 0.600. The molecule has 1 fully saturated rings. The fourth-order valence-corrected chi connectivity index (χ4v) is 2.48. The monoisotopic (exact) mass is 248 g/mol. The molecule has 0 aromatic heterocycles. The van der Waals surface area contributed by atoms with Crippen molar-refractivity contribution < 1.29 is 4.74 Å². The van der Waals surface area contributed by atoms with Gasteiger partial charge in [-0.05, 0) is 31.7 Å². The van der Waals surface area contributed by atoms with E-state index in [2.05, 4.69) is 31.3 Å². The molecule has 18 heavy (non-hydrogen) atoms. The van der Waals surface area contributed by atoms with Crippen LogP contribution < -0.4 is 11.1 Å². The number of nitrogens with one attached hydrogen (secondary N) is 1. The summed E-state index contributed by atoms with van der Waals surface area (Å²) < 4.78 is 5.56. The third-order valence-corrected chi connectivity index (χ3v) is 3.87. The van der Waals surface area contributed by atoms with E-state index in [0.29, 0.717) is 12.0 Å². The number of benzene rings is 1. The van der Waals surface area contributed by atoms with Crippen LogP contribution in [-0.2, 0) is 10.3 Å². The van der Waals surface area contributed by atoms with E-state index in [1.165, 1.54) is 5.56 Å². The first-order valence-corrected chi connectivity index (χ1v) is 6.76. The molecule has 3 N–H and O–H groups in total. The number of ether oxygens (including phenoxy) is 1. The Hall–Kier alpha value is -0.900. The molecule has 3 heteroatoms. The number of hydrogen-bond donors (Lipinski definition) is 2. The molecule has 2 rings (SSSR count). The van der Waals surface area contributed by atoms with Gasteiger partial charge >= 0.3 is 0 Å². The lowest BCUT2D eigenvalue weighted by Gasteiger charge is -2.27. The molecule has 0 radical (unpaired) electrons. The Morgan fingerprint density at radius 3 is 2.72 bits per heavy atom. The molecule has 3 nitrogen and oxygen atoms in total. The summed E-state index contributed by atoms with van der Waals surface area (Å²) in [6, 6.07) is 10.3. The van der Waals surface area contributed by atoms with Crippen molar-refractivity contribution >= 4 is 0 Å². The Kier molecular flexibility index (Phi) is 4.38. The molecule has 0 bridgehead atoms. The van der Waals surface area contributed by atoms with Crippen LogP contribution in [0.3, 0.4) is 0 Å². The number of rotatable bonds is 5. The molecule has 3 atom stereocenters. The quantitative estimate of drug-likeness (QED) is 0.836. The summed E-state index contributed by atoms with van der Waals surface area (Å²) in [5.74, 6) is 0.622. The van der Waals surface area contributed by atoms with Crippen molar-refractivity contribution in [2.24, 2.45) is 11.7 Å². The summed E-state index contributed by atoms with van der Waals surface area (Å²) in [5.41, 5.74) is 7.22. The summed E-state index contributed by atoms with van der Waals surface area (Å²) in [6.45, 7) is 6.90. The van der Waals surface area contributed by atoms with Crippen molar-refractivity contribution in [2.45, 2.75) is 31.9 Å². The highest BCUT2D eigenvalue weighted by molar-refractivity contribution is 5.23. The lowest BCUT2D eigenvalue weighted by molar-refractivity contribution is 0.105. The molecular weight excluding hydrogens is 224 g/mol. The van der Waals surface area contributed by atoms with Gasteiger partial charge in [0.25, 0.3) is 0 Å². The maximum atomic E-state index is 6.36. The maximum Gasteiger partial charge on any atom is 0.0588 e. The van der Waals surface area contributed by atoms with Gasteiger partial charge in [0, 0.05) is 19.7 Å². The highest BCUT2D eigenvalue weighted by atomic mass is 16.5. The predicted octanol–water partition coefficient (Wildman–Crippen LogP) is 1.88. The highest BCUT2D eigenvalue weighted by Gasteiger charge is 2.25. The van der Waals surface area contributed by atoms with E-state index in [9.17, 15) is 0 Å². The van der Waals surface area contributed by atoms with E-state index < -0.39 is 0 Å². The van der Waals surface area contributed by atoms with E-state index in [-0.39, 0.29) is 5.54 Å². The zero-order valence-corrected chi connectivity index (χ0v) is 11.4. The van der Waals surface area contributed by atoms with Crippen molar-refractivity contribution in [2.75, 3.05) is 19.7 Å². The van der Waals surface area contributed by atoms with Gasteiger partial charge in [0.2, 0.25) is 0 Å². The molecule has 0 spiro atoms. The zero-order chi connectivity index (χ0) is 13.0. The third-order valence-electron chi connectivity index (χ3n) is 3.87. The second-order valence-corrected chi connectivity index (χ2v) is 5.54. The van der Waals surface area contributed by atoms with Gasteiger partial charge in [-0.2, -0.15) is 0 Å². The van der Waals surface area contributed by atoms with Gasteiger partial charge in [-0.25, -0.2) is 0 Å². The summed E-state index contributed by atoms with van der Waals surface area (Å²) in [5, 5.41) is 3.49. The van der Waals surface area contributed by atoms with Crippen LogP contribution in [0.4, 0.5) is 0 Å². The Bertz CT molecular complexity index is 364. The van der Waals surface area contributed by atoms with E-state index >= 15 is 0 Å². The number of nitrogens with two attached hydrogens (primary N) is 1. The van der Waals surface area contributed by atoms with Crippen LogP contribution in [0.1, 0.15) is 25.8 Å². The molecule has 0 amide bonds. The SMILES string of the molecule is CC1OCCC1CNCC(C)(N)c1ccccc1. The van der Waals surface area contributed by atoms with E-state index in [4.69, 9.17) is 10.5 Å². The molecule has 1 aliphatic rings. The van der Waals surface area contributed by atoms with Crippen LogP contribution in [0.15, 0.2) is 30.3 Å². The van der Waals surface area contributed by atoms with Gasteiger partial charge in [-0.15, -0.1) is 0 Å². The first-order chi connectivity index (χ1) is 8.59. The molecule has 0 saturated carbocycles. The summed E-state index contributed by atoms with van der Waals surface area (Å²) >= 11 is 0. The molecule has 1 aliphatic heterocycles. The van der Waals surface area contributed by atoms with Gasteiger partial charge < -0.3 is 15.8 Å². The van der Waals surface area contributed by atoms with E-state index in [1.54, 1.807) is 0 Å². The Labute approximate surface area is 110 Å². The van der Waals surface area contributed by atoms with Crippen molar-refractivity contribution in [3.8, 4) is 0 Å². The van der Waals surface area contributed by atoms with Crippen molar-refractivity contribution in [1.82, 2.24) is 5.32 Å². The van der Waals surface area contributed by atoms with Gasteiger partial charge in [0.05, 0.1) is 11.6 Å². The smallest absolute Gasteiger partial charge is 0.0588 e. The normalized spacial score (nSPS) is 27.1. The Balaban J connectivity index is 1.82. The average Bonchev–Trinajstić information content (AvgIpc) is 2.76. The molecule has 1 aromatic rings. The minimum atomic E-state index is -0.316. The van der Waals surface area contributed by atoms with Crippen molar-refractivity contribution in [3.63, 3.8) is 0 Å². The van der Waals surface area contributed by atoms with Crippen LogP contribution in [0, 0.1) is 5.92 Å². The second-order valence-electron chi connectivity index (χ2n) is 5.54. The van der Waals surface area contributed by atoms with Gasteiger partial charge in [-0.1, -0.05) is 30.3 Å². The lowest BCUT2D eigenvalue weighted by atomic mass is 9.93. The first kappa shape index (κ1) is 13.5. The van der Waals surface area contributed by atoms with E-state index in [1.807, 2.05) is 18.2 Å². The minimum absolute atomic E-state index is 0.316. The highest BCUT2D eigenvalue weighted by Crippen LogP contribution is 2.20. The summed E-state index contributed by atoms with van der Waals surface area (Å²) in [7, 11) is 0. The zero-order valence-electron chi connectivity index (χ0n) is 11.4. The van der Waals surface area contributed by atoms with Crippen molar-refractivity contribution in [3.05, 3.63) is 35.9 Å². The first-order valence-electron chi connectivity index (χ1n) is 6.76. The van der Waals surface area contributed by atoms with Gasteiger partial charge in [0.1, 0.15) is 0 Å². The minimum Gasteiger partial charge on any atom is -0.378 e. The fourth-order valence-electron chi connectivity index (χ4n) is 2.48. The molecule has 1 heterocycles. The summed E-state index contributed by atoms with van der Waals surface area (Å²) in [6.07, 6.45) is 1.53. The van der Waals surface area contributed by atoms with Crippen LogP contribution in [0.2, 0.25) is 0 Å². The van der Waals surface area contributed by atoms with Crippen LogP contribution >= 0.6 is 0 Å². The average molecular weight is 248 g/mol. The van der Waals surface area contributed by atoms with Crippen LogP contribution in [-0.4, -0.2) is 25.8 Å². The summed E-state index contributed by atoms with van der Waals surface area (Å²) in [4.78, 5) is 0. The van der Waals surface area contributed by atoms with Crippen LogP contribution in [0.25, 0.3) is 0 Å². The molecule has 1 aromatic carbocycles. The predicted molar refractivity (Wildman–Crippen MR) is 74.4 cm³/mol. The molecule has 100 valence electrons. The van der Waals surface area contributed by atoms with E-state index in [0.717, 1.165) is 26.1 Å². The molecular formula is C15H24N2O. The van der Waals surface area contributed by atoms with Gasteiger partial charge in [-0.3, -0.25) is 0 Å². The number of hydrogen-bond acceptors (Lipinski definition) is 3. The molecule has 0 aliphatic carbocycles. The lowest BCUT2D eigenvalue weighted by Crippen LogP contribution is -2.45. The third kappa shape index (κ3) is 3.31. The van der Waals surface area contributed by atoms with Crippen molar-refractivity contribution in [1.29, 1.82) is 0 Å². The largest absolute Gasteiger partial charge is 0.378 e. The van der Waals surface area contributed by atoms with Gasteiger partial charge in [0.15, 0.2) is 0 Å². The Morgan fingerprint density at radius 1 is 1.39 bits per heavy atom. The standard InChI is InChI=1S/C15H24N2O/c1-12-13(8-9-18-12)10-17-11-15(2,16)14-6-4-3-5-7-14/h3-7,12-13,17H,8-11,16H2,1-2H3. The maximum absolute atomic E-state index is 6.36. The molecule has 1 saturated heterocycles. The Morgan fingerprint density at radius 2 is 2.11 bits per heavy atom. The van der Waals surface area contributed by atoms with Crippen LogP contribution in [0.5, 0.6) is 0 Å².